The Hall–Kier alpha value is -1.53. The number of thioether (sulfide) groups is 1. The molecule has 2 heterocycles. The highest BCUT2D eigenvalue weighted by molar-refractivity contribution is 8.00. The van der Waals surface area contributed by atoms with Gasteiger partial charge >= 0.3 is 0 Å². The van der Waals surface area contributed by atoms with E-state index in [0.717, 1.165) is 31.6 Å². The first-order valence-corrected chi connectivity index (χ1v) is 11.5. The van der Waals surface area contributed by atoms with Crippen LogP contribution < -0.4 is 5.32 Å². The number of benzene rings is 1. The van der Waals surface area contributed by atoms with Crippen LogP contribution in [0.15, 0.2) is 24.3 Å². The van der Waals surface area contributed by atoms with Crippen LogP contribution in [-0.2, 0) is 4.79 Å². The summed E-state index contributed by atoms with van der Waals surface area (Å²) in [5.74, 6) is 1.10. The molecule has 2 unspecified atom stereocenters. The Balaban J connectivity index is 1.67. The minimum absolute atomic E-state index is 0.0154. The van der Waals surface area contributed by atoms with Crippen molar-refractivity contribution in [1.29, 1.82) is 0 Å². The van der Waals surface area contributed by atoms with Crippen LogP contribution in [0.5, 0.6) is 0 Å². The van der Waals surface area contributed by atoms with E-state index in [2.05, 4.69) is 24.1 Å². The fourth-order valence-electron chi connectivity index (χ4n) is 3.93. The van der Waals surface area contributed by atoms with Gasteiger partial charge in [-0.1, -0.05) is 31.5 Å². The number of carbonyl (C=O) groups excluding carboxylic acids is 2. The molecule has 3 rings (SSSR count). The summed E-state index contributed by atoms with van der Waals surface area (Å²) in [4.78, 5) is 30.4. The summed E-state index contributed by atoms with van der Waals surface area (Å²) in [7, 11) is 0. The molecule has 2 atom stereocenters. The number of carbonyl (C=O) groups is 2. The van der Waals surface area contributed by atoms with E-state index in [4.69, 9.17) is 0 Å². The van der Waals surface area contributed by atoms with Crippen molar-refractivity contribution < 1.29 is 9.59 Å². The summed E-state index contributed by atoms with van der Waals surface area (Å²) in [5, 5.41) is 3.14. The lowest BCUT2D eigenvalue weighted by Crippen LogP contribution is -2.51. The van der Waals surface area contributed by atoms with Crippen molar-refractivity contribution in [3.63, 3.8) is 0 Å². The normalized spacial score (nSPS) is 22.8. The molecule has 1 aromatic carbocycles. The summed E-state index contributed by atoms with van der Waals surface area (Å²) >= 11 is 1.73. The van der Waals surface area contributed by atoms with Crippen LogP contribution in [-0.4, -0.2) is 65.0 Å². The number of aryl methyl sites for hydroxylation is 1. The van der Waals surface area contributed by atoms with Crippen LogP contribution >= 0.6 is 11.8 Å². The molecule has 1 aromatic rings. The van der Waals surface area contributed by atoms with E-state index in [1.54, 1.807) is 11.8 Å². The molecule has 5 nitrogen and oxygen atoms in total. The number of likely N-dealkylation sites (tertiary alicyclic amines) is 1. The lowest BCUT2D eigenvalue weighted by atomic mass is 10.1. The molecular weight excluding hydrogens is 370 g/mol. The van der Waals surface area contributed by atoms with Crippen LogP contribution in [0.3, 0.4) is 0 Å². The molecule has 1 N–H and O–H groups in total. The Bertz CT molecular complexity index is 671. The lowest BCUT2D eigenvalue weighted by Gasteiger charge is -2.30. The van der Waals surface area contributed by atoms with Gasteiger partial charge in [0.2, 0.25) is 5.91 Å². The van der Waals surface area contributed by atoms with Gasteiger partial charge in [-0.25, -0.2) is 0 Å². The van der Waals surface area contributed by atoms with E-state index in [1.165, 1.54) is 12.8 Å². The molecule has 0 saturated carbocycles. The first kappa shape index (κ1) is 21.2. The Morgan fingerprint density at radius 1 is 1.18 bits per heavy atom. The predicted octanol–water partition coefficient (Wildman–Crippen LogP) is 3.14. The Labute approximate surface area is 173 Å². The van der Waals surface area contributed by atoms with E-state index in [9.17, 15) is 9.59 Å². The lowest BCUT2D eigenvalue weighted by molar-refractivity contribution is -0.124. The number of hydrogen-bond acceptors (Lipinski definition) is 4. The Morgan fingerprint density at radius 3 is 2.50 bits per heavy atom. The smallest absolute Gasteiger partial charge is 0.255 e. The molecule has 0 aromatic heterocycles. The topological polar surface area (TPSA) is 52.7 Å². The second-order valence-electron chi connectivity index (χ2n) is 8.35. The van der Waals surface area contributed by atoms with Gasteiger partial charge in [0.1, 0.15) is 6.04 Å². The van der Waals surface area contributed by atoms with Crippen molar-refractivity contribution in [1.82, 2.24) is 15.1 Å². The van der Waals surface area contributed by atoms with Gasteiger partial charge in [-0.15, -0.1) is 11.8 Å². The molecule has 2 fully saturated rings. The monoisotopic (exact) mass is 403 g/mol. The zero-order valence-corrected chi connectivity index (χ0v) is 18.1. The van der Waals surface area contributed by atoms with Gasteiger partial charge in [-0.05, 0) is 57.3 Å². The summed E-state index contributed by atoms with van der Waals surface area (Å²) < 4.78 is 0. The zero-order valence-electron chi connectivity index (χ0n) is 17.3. The van der Waals surface area contributed by atoms with Crippen LogP contribution in [0, 0.1) is 12.8 Å². The maximum absolute atomic E-state index is 13.3. The highest BCUT2D eigenvalue weighted by Crippen LogP contribution is 2.34. The molecule has 0 bridgehead atoms. The predicted molar refractivity (Wildman–Crippen MR) is 116 cm³/mol. The highest BCUT2D eigenvalue weighted by atomic mass is 32.2. The third kappa shape index (κ3) is 5.29. The Kier molecular flexibility index (Phi) is 7.41. The van der Waals surface area contributed by atoms with E-state index in [0.29, 0.717) is 23.8 Å². The fraction of sp³-hybridized carbons (Fsp3) is 0.636. The van der Waals surface area contributed by atoms with Crippen LogP contribution in [0.2, 0.25) is 0 Å². The van der Waals surface area contributed by atoms with E-state index >= 15 is 0 Å². The second-order valence-corrected chi connectivity index (χ2v) is 9.56. The quantitative estimate of drug-likeness (QED) is 0.760. The Morgan fingerprint density at radius 2 is 1.86 bits per heavy atom. The van der Waals surface area contributed by atoms with Crippen LogP contribution in [0.1, 0.15) is 49.0 Å². The van der Waals surface area contributed by atoms with Crippen molar-refractivity contribution in [2.45, 2.75) is 51.4 Å². The van der Waals surface area contributed by atoms with E-state index in [-0.39, 0.29) is 23.2 Å². The van der Waals surface area contributed by atoms with Gasteiger partial charge in [0.25, 0.3) is 5.91 Å². The van der Waals surface area contributed by atoms with Crippen molar-refractivity contribution in [3.8, 4) is 0 Å². The van der Waals surface area contributed by atoms with E-state index < -0.39 is 0 Å². The third-order valence-electron chi connectivity index (χ3n) is 5.53. The summed E-state index contributed by atoms with van der Waals surface area (Å²) in [5.41, 5.74) is 1.79. The van der Waals surface area contributed by atoms with Crippen molar-refractivity contribution in [3.05, 3.63) is 35.4 Å². The summed E-state index contributed by atoms with van der Waals surface area (Å²) in [6.45, 7) is 10.1. The average molecular weight is 404 g/mol. The van der Waals surface area contributed by atoms with Gasteiger partial charge < -0.3 is 15.1 Å². The molecule has 2 amide bonds. The van der Waals surface area contributed by atoms with Crippen LogP contribution in [0.4, 0.5) is 0 Å². The minimum atomic E-state index is -0.388. The van der Waals surface area contributed by atoms with Crippen molar-refractivity contribution in [2.24, 2.45) is 5.92 Å². The number of amides is 2. The fourth-order valence-corrected chi connectivity index (χ4v) is 5.57. The SMILES string of the molecule is Cc1ccc(C(=O)N2C(CC(C)C)SCC2C(=O)NCCN2CCCC2)cc1. The first-order chi connectivity index (χ1) is 13.5. The van der Waals surface area contributed by atoms with Gasteiger partial charge in [0, 0.05) is 24.4 Å². The third-order valence-corrected chi connectivity index (χ3v) is 6.84. The van der Waals surface area contributed by atoms with Crippen LogP contribution in [0.25, 0.3) is 0 Å². The second kappa shape index (κ2) is 9.79. The maximum atomic E-state index is 13.3. The number of nitrogens with one attached hydrogen (secondary N) is 1. The number of nitrogens with zero attached hydrogens (tertiary/aromatic N) is 2. The standard InChI is InChI=1S/C22H33N3O2S/c1-16(2)14-20-25(22(27)18-8-6-17(3)7-9-18)19(15-28-20)21(26)23-10-13-24-11-4-5-12-24/h6-9,16,19-20H,4-5,10-15H2,1-3H3,(H,23,26). The molecule has 28 heavy (non-hydrogen) atoms. The zero-order chi connectivity index (χ0) is 20.1. The molecule has 0 spiro atoms. The largest absolute Gasteiger partial charge is 0.353 e. The molecule has 0 aliphatic carbocycles. The first-order valence-electron chi connectivity index (χ1n) is 10.5. The summed E-state index contributed by atoms with van der Waals surface area (Å²) in [6, 6.07) is 7.27. The molecule has 0 radical (unpaired) electrons. The molecule has 6 heteroatoms. The minimum Gasteiger partial charge on any atom is -0.353 e. The highest BCUT2D eigenvalue weighted by Gasteiger charge is 2.41. The van der Waals surface area contributed by atoms with Gasteiger partial charge in [-0.3, -0.25) is 9.59 Å². The maximum Gasteiger partial charge on any atom is 0.255 e. The van der Waals surface area contributed by atoms with E-state index in [1.807, 2.05) is 36.1 Å². The molecule has 2 aliphatic heterocycles. The molecule has 154 valence electrons. The molecule has 2 saturated heterocycles. The average Bonchev–Trinajstić information content (AvgIpc) is 3.31. The number of hydrogen-bond donors (Lipinski definition) is 1. The molecule has 2 aliphatic rings. The molecular formula is C22H33N3O2S. The van der Waals surface area contributed by atoms with Gasteiger partial charge in [0.05, 0.1) is 5.37 Å². The van der Waals surface area contributed by atoms with Crippen molar-refractivity contribution >= 4 is 23.6 Å². The van der Waals surface area contributed by atoms with Gasteiger partial charge in [0.15, 0.2) is 0 Å². The van der Waals surface area contributed by atoms with Gasteiger partial charge in [-0.2, -0.15) is 0 Å². The van der Waals surface area contributed by atoms with Crippen molar-refractivity contribution in [2.75, 3.05) is 31.9 Å². The number of rotatable bonds is 7. The summed E-state index contributed by atoms with van der Waals surface area (Å²) in [6.07, 6.45) is 3.41.